The number of nitriles is 1. The van der Waals surface area contributed by atoms with Gasteiger partial charge in [0.2, 0.25) is 0 Å². The van der Waals surface area contributed by atoms with Crippen LogP contribution in [-0.2, 0) is 4.74 Å². The number of benzene rings is 1. The molecule has 0 saturated heterocycles. The second-order valence-electron chi connectivity index (χ2n) is 3.51. The molecule has 15 heavy (non-hydrogen) atoms. The maximum atomic E-state index is 11.4. The summed E-state index contributed by atoms with van der Waals surface area (Å²) >= 11 is 0. The Morgan fingerprint density at radius 2 is 1.87 bits per heavy atom. The van der Waals surface area contributed by atoms with E-state index >= 15 is 0 Å². The van der Waals surface area contributed by atoms with Crippen molar-refractivity contribution in [1.82, 2.24) is 0 Å². The second kappa shape index (κ2) is 3.25. The van der Waals surface area contributed by atoms with Crippen molar-refractivity contribution in [2.75, 3.05) is 0 Å². The third-order valence-electron chi connectivity index (χ3n) is 2.52. The molecule has 0 fully saturated rings. The van der Waals surface area contributed by atoms with Crippen LogP contribution in [0.1, 0.15) is 27.0 Å². The average molecular weight is 199 g/mol. The number of carbonyl (C=O) groups is 1. The molecular formula is C12H9NO2. The summed E-state index contributed by atoms with van der Waals surface area (Å²) in [5, 5.41) is 8.54. The Bertz CT molecular complexity index is 521. The first-order valence-electron chi connectivity index (χ1n) is 4.57. The predicted molar refractivity (Wildman–Crippen MR) is 54.9 cm³/mol. The minimum absolute atomic E-state index is 0.348. The molecule has 0 radical (unpaired) electrons. The monoisotopic (exact) mass is 199 g/mol. The van der Waals surface area contributed by atoms with E-state index in [0.717, 1.165) is 11.1 Å². The van der Waals surface area contributed by atoms with Crippen molar-refractivity contribution >= 4 is 11.7 Å². The van der Waals surface area contributed by atoms with Crippen molar-refractivity contribution in [2.45, 2.75) is 13.8 Å². The minimum Gasteiger partial charge on any atom is -0.421 e. The van der Waals surface area contributed by atoms with Gasteiger partial charge in [0.1, 0.15) is 5.76 Å². The van der Waals surface area contributed by atoms with Gasteiger partial charge in [-0.25, -0.2) is 4.79 Å². The van der Waals surface area contributed by atoms with Crippen molar-refractivity contribution in [2.24, 2.45) is 0 Å². The zero-order valence-corrected chi connectivity index (χ0v) is 8.50. The molecule has 1 aliphatic heterocycles. The van der Waals surface area contributed by atoms with Gasteiger partial charge in [0, 0.05) is 5.56 Å². The number of aryl methyl sites for hydroxylation is 2. The Kier molecular flexibility index (Phi) is 2.05. The molecule has 74 valence electrons. The van der Waals surface area contributed by atoms with Crippen LogP contribution in [0.3, 0.4) is 0 Å². The lowest BCUT2D eigenvalue weighted by atomic mass is 10.0. The first-order valence-corrected chi connectivity index (χ1v) is 4.57. The summed E-state index contributed by atoms with van der Waals surface area (Å²) in [5.74, 6) is -0.0322. The van der Waals surface area contributed by atoms with Crippen molar-refractivity contribution < 1.29 is 9.53 Å². The molecule has 1 aliphatic rings. The van der Waals surface area contributed by atoms with E-state index < -0.39 is 0 Å². The number of rotatable bonds is 0. The van der Waals surface area contributed by atoms with Gasteiger partial charge in [0.25, 0.3) is 0 Å². The Balaban J connectivity index is 2.68. The van der Waals surface area contributed by atoms with E-state index in [9.17, 15) is 4.79 Å². The first-order chi connectivity index (χ1) is 7.13. The predicted octanol–water partition coefficient (Wildman–Crippen LogP) is 2.34. The molecule has 3 nitrogen and oxygen atoms in total. The van der Waals surface area contributed by atoms with E-state index in [1.165, 1.54) is 6.08 Å². The molecule has 3 heteroatoms. The molecule has 1 heterocycles. The highest BCUT2D eigenvalue weighted by Gasteiger charge is 2.26. The van der Waals surface area contributed by atoms with Gasteiger partial charge >= 0.3 is 5.97 Å². The number of carbonyl (C=O) groups excluding carboxylic acids is 1. The molecular weight excluding hydrogens is 190 g/mol. The molecule has 0 amide bonds. The Morgan fingerprint density at radius 3 is 2.47 bits per heavy atom. The van der Waals surface area contributed by atoms with E-state index in [-0.39, 0.29) is 5.97 Å². The molecule has 0 saturated carbocycles. The van der Waals surface area contributed by atoms with Crippen molar-refractivity contribution in [1.29, 1.82) is 5.26 Å². The van der Waals surface area contributed by atoms with Crippen LogP contribution in [0, 0.1) is 25.2 Å². The molecule has 0 N–H and O–H groups in total. The maximum Gasteiger partial charge on any atom is 0.344 e. The van der Waals surface area contributed by atoms with Crippen molar-refractivity contribution in [3.8, 4) is 6.07 Å². The van der Waals surface area contributed by atoms with Crippen LogP contribution in [0.4, 0.5) is 0 Å². The lowest BCUT2D eigenvalue weighted by Gasteiger charge is -2.01. The molecule has 0 atom stereocenters. The summed E-state index contributed by atoms with van der Waals surface area (Å²) in [5.41, 5.74) is 3.38. The second-order valence-corrected chi connectivity index (χ2v) is 3.51. The van der Waals surface area contributed by atoms with Crippen LogP contribution in [0.25, 0.3) is 5.76 Å². The smallest absolute Gasteiger partial charge is 0.344 e. The molecule has 1 aromatic carbocycles. The molecule has 0 aliphatic carbocycles. The van der Waals surface area contributed by atoms with Gasteiger partial charge in [-0.15, -0.1) is 0 Å². The summed E-state index contributed by atoms with van der Waals surface area (Å²) in [7, 11) is 0. The molecule has 0 aromatic heterocycles. The van der Waals surface area contributed by atoms with Gasteiger partial charge in [0.05, 0.1) is 17.7 Å². The average Bonchev–Trinajstić information content (AvgIpc) is 2.46. The van der Waals surface area contributed by atoms with Gasteiger partial charge < -0.3 is 4.74 Å². The van der Waals surface area contributed by atoms with E-state index in [2.05, 4.69) is 0 Å². The zero-order chi connectivity index (χ0) is 11.0. The number of cyclic esters (lactones) is 1. The Hall–Kier alpha value is -2.08. The SMILES string of the molecule is Cc1cc2c(cc1C)/C(=C/C#N)OC2=O. The lowest BCUT2D eigenvalue weighted by Crippen LogP contribution is -1.94. The molecule has 0 bridgehead atoms. The highest BCUT2D eigenvalue weighted by Crippen LogP contribution is 2.31. The summed E-state index contributed by atoms with van der Waals surface area (Å²) in [6.07, 6.45) is 1.25. The summed E-state index contributed by atoms with van der Waals surface area (Å²) < 4.78 is 4.98. The van der Waals surface area contributed by atoms with Crippen LogP contribution < -0.4 is 0 Å². The topological polar surface area (TPSA) is 50.1 Å². The van der Waals surface area contributed by atoms with Gasteiger partial charge in [-0.3, -0.25) is 0 Å². The number of esters is 1. The van der Waals surface area contributed by atoms with Crippen molar-refractivity contribution in [3.63, 3.8) is 0 Å². The Morgan fingerprint density at radius 1 is 1.27 bits per heavy atom. The quantitative estimate of drug-likeness (QED) is 0.476. The van der Waals surface area contributed by atoms with Crippen LogP contribution in [-0.4, -0.2) is 5.97 Å². The van der Waals surface area contributed by atoms with Crippen LogP contribution in [0.5, 0.6) is 0 Å². The largest absolute Gasteiger partial charge is 0.421 e. The minimum atomic E-state index is -0.380. The highest BCUT2D eigenvalue weighted by atomic mass is 16.5. The summed E-state index contributed by atoms with van der Waals surface area (Å²) in [6, 6.07) is 5.54. The number of allylic oxidation sites excluding steroid dienone is 1. The van der Waals surface area contributed by atoms with E-state index in [4.69, 9.17) is 10.00 Å². The number of hydrogen-bond donors (Lipinski definition) is 0. The molecule has 2 rings (SSSR count). The van der Waals surface area contributed by atoms with Crippen LogP contribution in [0.2, 0.25) is 0 Å². The molecule has 0 spiro atoms. The fourth-order valence-electron chi connectivity index (χ4n) is 1.56. The Labute approximate surface area is 87.6 Å². The normalized spacial score (nSPS) is 16.1. The van der Waals surface area contributed by atoms with Gasteiger partial charge in [-0.1, -0.05) is 0 Å². The molecule has 0 unspecified atom stereocenters. The summed E-state index contributed by atoms with van der Waals surface area (Å²) in [4.78, 5) is 11.4. The summed E-state index contributed by atoms with van der Waals surface area (Å²) in [6.45, 7) is 3.90. The van der Waals surface area contributed by atoms with Crippen molar-refractivity contribution in [3.05, 3.63) is 40.5 Å². The fourth-order valence-corrected chi connectivity index (χ4v) is 1.56. The van der Waals surface area contributed by atoms with Gasteiger partial charge in [0.15, 0.2) is 0 Å². The van der Waals surface area contributed by atoms with E-state index in [0.29, 0.717) is 16.9 Å². The number of fused-ring (bicyclic) bond motifs is 1. The van der Waals surface area contributed by atoms with Gasteiger partial charge in [-0.2, -0.15) is 5.26 Å². The zero-order valence-electron chi connectivity index (χ0n) is 8.50. The van der Waals surface area contributed by atoms with Crippen LogP contribution in [0.15, 0.2) is 18.2 Å². The molecule has 1 aromatic rings. The van der Waals surface area contributed by atoms with E-state index in [1.54, 1.807) is 6.07 Å². The maximum absolute atomic E-state index is 11.4. The van der Waals surface area contributed by atoms with Crippen LogP contribution >= 0.6 is 0 Å². The third-order valence-corrected chi connectivity index (χ3v) is 2.52. The standard InChI is InChI=1S/C12H9NO2/c1-7-5-9-10(6-8(7)2)12(14)15-11(9)3-4-13/h3,5-6H,1-2H3/b11-3-. The number of hydrogen-bond acceptors (Lipinski definition) is 3. The third kappa shape index (κ3) is 1.40. The fraction of sp³-hybridized carbons (Fsp3) is 0.167. The lowest BCUT2D eigenvalue weighted by molar-refractivity contribution is 0.0716. The number of ether oxygens (including phenoxy) is 1. The highest BCUT2D eigenvalue weighted by molar-refractivity contribution is 6.03. The number of nitrogens with zero attached hydrogens (tertiary/aromatic N) is 1. The first kappa shape index (κ1) is 9.47. The van der Waals surface area contributed by atoms with E-state index in [1.807, 2.05) is 26.0 Å². The van der Waals surface area contributed by atoms with Gasteiger partial charge in [-0.05, 0) is 37.1 Å².